The van der Waals surface area contributed by atoms with Crippen LogP contribution in [0.4, 0.5) is 8.78 Å². The van der Waals surface area contributed by atoms with Gasteiger partial charge in [0.1, 0.15) is 12.4 Å². The van der Waals surface area contributed by atoms with Crippen molar-refractivity contribution in [3.8, 4) is 5.75 Å². The number of carbonyl (C=O) groups is 2. The zero-order chi connectivity index (χ0) is 22.3. The minimum absolute atomic E-state index is 0.00299. The number of morpholine rings is 1. The molecule has 3 fully saturated rings. The smallest absolute Gasteiger partial charge is 0.260 e. The first-order chi connectivity index (χ1) is 15.4. The van der Waals surface area contributed by atoms with Gasteiger partial charge in [0.2, 0.25) is 5.91 Å². The van der Waals surface area contributed by atoms with E-state index >= 15 is 0 Å². The fourth-order valence-electron chi connectivity index (χ4n) is 5.74. The maximum Gasteiger partial charge on any atom is 0.260 e. The number of benzene rings is 1. The first-order valence-electron chi connectivity index (χ1n) is 11.4. The normalized spacial score (nSPS) is 33.3. The average Bonchev–Trinajstić information content (AvgIpc) is 2.78. The second-order valence-electron chi connectivity index (χ2n) is 9.31. The Morgan fingerprint density at radius 1 is 1.09 bits per heavy atom. The fourth-order valence-corrected chi connectivity index (χ4v) is 5.74. The SMILES string of the molecule is O=C1COC[C@@]2(CCCN3C(=O)COc4c(F)cc(F)cc4C4CCC(CC4)OC[C@H]32)N1. The van der Waals surface area contributed by atoms with Gasteiger partial charge in [0.25, 0.3) is 5.91 Å². The van der Waals surface area contributed by atoms with Crippen molar-refractivity contribution < 1.29 is 32.6 Å². The summed E-state index contributed by atoms with van der Waals surface area (Å²) < 4.78 is 46.2. The quantitative estimate of drug-likeness (QED) is 0.656. The highest BCUT2D eigenvalue weighted by Crippen LogP contribution is 2.41. The van der Waals surface area contributed by atoms with Gasteiger partial charge in [-0.05, 0) is 50.5 Å². The molecule has 6 rings (SSSR count). The van der Waals surface area contributed by atoms with Gasteiger partial charge in [0.15, 0.2) is 18.2 Å². The Labute approximate surface area is 185 Å². The molecule has 2 amide bonds. The van der Waals surface area contributed by atoms with Crippen molar-refractivity contribution in [3.05, 3.63) is 29.3 Å². The fraction of sp³-hybridized carbons (Fsp3) is 0.652. The third-order valence-electron chi connectivity index (χ3n) is 7.32. The van der Waals surface area contributed by atoms with Crippen LogP contribution >= 0.6 is 0 Å². The third kappa shape index (κ3) is 3.96. The zero-order valence-electron chi connectivity index (χ0n) is 17.9. The molecule has 9 heteroatoms. The van der Waals surface area contributed by atoms with Crippen LogP contribution in [0.5, 0.6) is 5.75 Å². The summed E-state index contributed by atoms with van der Waals surface area (Å²) in [7, 11) is 0. The van der Waals surface area contributed by atoms with Gasteiger partial charge >= 0.3 is 0 Å². The van der Waals surface area contributed by atoms with E-state index in [9.17, 15) is 18.4 Å². The molecule has 1 aromatic rings. The summed E-state index contributed by atoms with van der Waals surface area (Å²) in [6, 6.07) is 1.71. The van der Waals surface area contributed by atoms with Crippen LogP contribution in [0.2, 0.25) is 0 Å². The summed E-state index contributed by atoms with van der Waals surface area (Å²) >= 11 is 0. The molecule has 2 atom stereocenters. The molecule has 32 heavy (non-hydrogen) atoms. The molecule has 1 aliphatic carbocycles. The highest BCUT2D eigenvalue weighted by Gasteiger charge is 2.50. The Morgan fingerprint density at radius 2 is 1.91 bits per heavy atom. The number of ether oxygens (including phenoxy) is 3. The van der Waals surface area contributed by atoms with Crippen LogP contribution in [0.1, 0.15) is 50.0 Å². The van der Waals surface area contributed by atoms with E-state index < -0.39 is 23.2 Å². The number of piperidine rings is 1. The predicted octanol–water partition coefficient (Wildman–Crippen LogP) is 2.28. The van der Waals surface area contributed by atoms with E-state index in [1.54, 1.807) is 4.90 Å². The highest BCUT2D eigenvalue weighted by molar-refractivity contribution is 5.81. The molecule has 5 aliphatic rings. The Hall–Kier alpha value is -2.26. The molecular weight excluding hydrogens is 422 g/mol. The molecule has 0 aromatic heterocycles. The number of nitrogens with one attached hydrogen (secondary N) is 1. The van der Waals surface area contributed by atoms with Crippen molar-refractivity contribution in [2.75, 3.05) is 33.0 Å². The van der Waals surface area contributed by atoms with Crippen molar-refractivity contribution in [1.82, 2.24) is 10.2 Å². The molecule has 1 aromatic carbocycles. The minimum Gasteiger partial charge on any atom is -0.480 e. The van der Waals surface area contributed by atoms with Gasteiger partial charge in [-0.2, -0.15) is 0 Å². The van der Waals surface area contributed by atoms with Gasteiger partial charge in [0, 0.05) is 18.2 Å². The molecule has 4 aliphatic heterocycles. The van der Waals surface area contributed by atoms with Crippen LogP contribution in [0, 0.1) is 11.6 Å². The first-order valence-corrected chi connectivity index (χ1v) is 11.4. The predicted molar refractivity (Wildman–Crippen MR) is 109 cm³/mol. The van der Waals surface area contributed by atoms with E-state index in [-0.39, 0.29) is 49.4 Å². The topological polar surface area (TPSA) is 77.1 Å². The van der Waals surface area contributed by atoms with Crippen molar-refractivity contribution in [2.24, 2.45) is 0 Å². The second-order valence-corrected chi connectivity index (χ2v) is 9.31. The van der Waals surface area contributed by atoms with Crippen molar-refractivity contribution in [1.29, 1.82) is 0 Å². The number of halogens is 2. The van der Waals surface area contributed by atoms with Crippen molar-refractivity contribution in [2.45, 2.75) is 62.1 Å². The van der Waals surface area contributed by atoms with Gasteiger partial charge in [0.05, 0.1) is 30.9 Å². The van der Waals surface area contributed by atoms with Crippen LogP contribution < -0.4 is 10.1 Å². The first kappa shape index (κ1) is 21.6. The number of hydrogen-bond acceptors (Lipinski definition) is 5. The molecule has 4 heterocycles. The average molecular weight is 450 g/mol. The Kier molecular flexibility index (Phi) is 5.79. The summed E-state index contributed by atoms with van der Waals surface area (Å²) in [5.41, 5.74) is -0.236. The molecule has 174 valence electrons. The van der Waals surface area contributed by atoms with Crippen LogP contribution in [-0.4, -0.2) is 67.4 Å². The monoisotopic (exact) mass is 450 g/mol. The van der Waals surface area contributed by atoms with E-state index in [2.05, 4.69) is 5.32 Å². The van der Waals surface area contributed by atoms with E-state index in [1.807, 2.05) is 0 Å². The van der Waals surface area contributed by atoms with Crippen LogP contribution in [0.25, 0.3) is 0 Å². The van der Waals surface area contributed by atoms with Crippen LogP contribution in [0.15, 0.2) is 12.1 Å². The van der Waals surface area contributed by atoms with E-state index in [0.717, 1.165) is 31.7 Å². The third-order valence-corrected chi connectivity index (χ3v) is 7.32. The van der Waals surface area contributed by atoms with Gasteiger partial charge in [-0.3, -0.25) is 9.59 Å². The maximum absolute atomic E-state index is 14.7. The standard InChI is InChI=1S/C23H28F2N2O5/c24-15-8-17-14-2-4-16(5-3-14)31-10-19-23(13-30-11-20(28)26-23)6-1-7-27(19)21(29)12-32-22(17)18(25)9-15/h8-9,14,16,19H,1-7,10-13H2,(H,26,28)/t14?,16?,19-,23+/m0/s1. The molecule has 2 saturated heterocycles. The number of rotatable bonds is 0. The van der Waals surface area contributed by atoms with Crippen molar-refractivity contribution >= 4 is 11.8 Å². The lowest BCUT2D eigenvalue weighted by molar-refractivity contribution is -0.156. The molecule has 0 unspecified atom stereocenters. The summed E-state index contributed by atoms with van der Waals surface area (Å²) in [5.74, 6) is -2.06. The van der Waals surface area contributed by atoms with E-state index in [1.165, 1.54) is 6.07 Å². The maximum atomic E-state index is 14.7. The molecule has 7 nitrogen and oxygen atoms in total. The molecule has 1 N–H and O–H groups in total. The number of fused-ring (bicyclic) bond motifs is 5. The number of amides is 2. The largest absolute Gasteiger partial charge is 0.480 e. The zero-order valence-corrected chi connectivity index (χ0v) is 17.9. The second kappa shape index (κ2) is 8.59. The van der Waals surface area contributed by atoms with Gasteiger partial charge in [-0.1, -0.05) is 0 Å². The minimum atomic E-state index is -0.791. The summed E-state index contributed by atoms with van der Waals surface area (Å²) in [4.78, 5) is 27.1. The Bertz CT molecular complexity index is 901. The van der Waals surface area contributed by atoms with Gasteiger partial charge < -0.3 is 24.4 Å². The Balaban J connectivity index is 1.48. The number of carbonyl (C=O) groups excluding carboxylic acids is 2. The number of hydrogen-bond donors (Lipinski definition) is 1. The summed E-state index contributed by atoms with van der Waals surface area (Å²) in [5, 5.41) is 3.07. The molecular formula is C23H28F2N2O5. The molecule has 1 spiro atoms. The lowest BCUT2D eigenvalue weighted by Gasteiger charge is -2.51. The van der Waals surface area contributed by atoms with E-state index in [0.29, 0.717) is 31.6 Å². The van der Waals surface area contributed by atoms with Gasteiger partial charge in [-0.25, -0.2) is 8.78 Å². The van der Waals surface area contributed by atoms with Gasteiger partial charge in [-0.15, -0.1) is 0 Å². The summed E-state index contributed by atoms with van der Waals surface area (Å²) in [6.07, 6.45) is 4.30. The van der Waals surface area contributed by atoms with Crippen LogP contribution in [0.3, 0.4) is 0 Å². The van der Waals surface area contributed by atoms with E-state index in [4.69, 9.17) is 14.2 Å². The molecule has 2 bridgehead atoms. The Morgan fingerprint density at radius 3 is 2.69 bits per heavy atom. The molecule has 0 radical (unpaired) electrons. The van der Waals surface area contributed by atoms with Crippen LogP contribution in [-0.2, 0) is 19.1 Å². The molecule has 1 saturated carbocycles. The number of nitrogens with zero attached hydrogens (tertiary/aromatic N) is 1. The highest BCUT2D eigenvalue weighted by atomic mass is 19.1. The lowest BCUT2D eigenvalue weighted by Crippen LogP contribution is -2.72. The lowest BCUT2D eigenvalue weighted by atomic mass is 9.80. The van der Waals surface area contributed by atoms with Crippen molar-refractivity contribution in [3.63, 3.8) is 0 Å². The summed E-state index contributed by atoms with van der Waals surface area (Å²) in [6.45, 7) is 0.706.